The Morgan fingerprint density at radius 1 is 1.42 bits per heavy atom. The number of carboxylic acid groups (broad SMARTS) is 1. The van der Waals surface area contributed by atoms with Gasteiger partial charge < -0.3 is 14.5 Å². The molecule has 0 unspecified atom stereocenters. The Labute approximate surface area is 123 Å². The summed E-state index contributed by atoms with van der Waals surface area (Å²) >= 11 is 4.59. The molecule has 2 rings (SSSR count). The van der Waals surface area contributed by atoms with Gasteiger partial charge in [0.1, 0.15) is 0 Å². The zero-order valence-electron chi connectivity index (χ0n) is 10.2. The van der Waals surface area contributed by atoms with Gasteiger partial charge in [-0.1, -0.05) is 45.9 Å². The topological polar surface area (TPSA) is 70.8 Å². The van der Waals surface area contributed by atoms with Crippen molar-refractivity contribution in [2.75, 3.05) is 5.75 Å². The number of thioether (sulfide) groups is 1. The molecule has 0 atom stereocenters. The molecule has 0 aliphatic rings. The van der Waals surface area contributed by atoms with Gasteiger partial charge in [0.2, 0.25) is 0 Å². The maximum Gasteiger partial charge on any atom is 0.191 e. The van der Waals surface area contributed by atoms with Crippen molar-refractivity contribution in [1.29, 1.82) is 0 Å². The lowest BCUT2D eigenvalue weighted by atomic mass is 10.2. The van der Waals surface area contributed by atoms with Crippen LogP contribution in [0, 0.1) is 0 Å². The molecular weight excluding hydrogens is 330 g/mol. The lowest BCUT2D eigenvalue weighted by Crippen LogP contribution is -2.24. The first-order valence-corrected chi connectivity index (χ1v) is 7.42. The maximum atomic E-state index is 10.5. The van der Waals surface area contributed by atoms with Gasteiger partial charge in [0, 0.05) is 22.3 Å². The zero-order valence-corrected chi connectivity index (χ0v) is 12.6. The van der Waals surface area contributed by atoms with Crippen LogP contribution in [0.25, 0.3) is 11.4 Å². The molecule has 5 nitrogen and oxygen atoms in total. The van der Waals surface area contributed by atoms with Gasteiger partial charge in [-0.25, -0.2) is 0 Å². The third-order valence-corrected chi connectivity index (χ3v) is 4.10. The van der Waals surface area contributed by atoms with E-state index in [-0.39, 0.29) is 5.75 Å². The second-order valence-electron chi connectivity index (χ2n) is 3.69. The van der Waals surface area contributed by atoms with E-state index >= 15 is 0 Å². The van der Waals surface area contributed by atoms with Crippen LogP contribution < -0.4 is 5.11 Å². The van der Waals surface area contributed by atoms with Crippen LogP contribution in [-0.2, 0) is 11.3 Å². The van der Waals surface area contributed by atoms with E-state index in [0.29, 0.717) is 11.7 Å². The highest BCUT2D eigenvalue weighted by Gasteiger charge is 2.14. The van der Waals surface area contributed by atoms with Gasteiger partial charge in [0.15, 0.2) is 11.0 Å². The first-order valence-electron chi connectivity index (χ1n) is 5.64. The Morgan fingerprint density at radius 3 is 2.79 bits per heavy atom. The van der Waals surface area contributed by atoms with Crippen molar-refractivity contribution in [3.8, 4) is 11.4 Å². The first kappa shape index (κ1) is 14.1. The van der Waals surface area contributed by atoms with E-state index in [0.717, 1.165) is 27.6 Å². The van der Waals surface area contributed by atoms with Crippen molar-refractivity contribution in [3.05, 3.63) is 28.7 Å². The summed E-state index contributed by atoms with van der Waals surface area (Å²) in [5, 5.41) is 19.3. The monoisotopic (exact) mass is 340 g/mol. The molecule has 2 aromatic rings. The molecule has 0 N–H and O–H groups in total. The normalized spacial score (nSPS) is 10.6. The molecule has 0 radical (unpaired) electrons. The Bertz CT molecular complexity index is 600. The molecule has 0 bridgehead atoms. The highest BCUT2D eigenvalue weighted by molar-refractivity contribution is 9.10. The molecule has 0 saturated carbocycles. The molecule has 0 aliphatic carbocycles. The number of hydrogen-bond acceptors (Lipinski definition) is 5. The van der Waals surface area contributed by atoms with Crippen LogP contribution in [0.2, 0.25) is 0 Å². The Hall–Kier alpha value is -1.34. The molecule has 1 heterocycles. The minimum Gasteiger partial charge on any atom is -0.549 e. The number of halogens is 1. The Balaban J connectivity index is 2.37. The summed E-state index contributed by atoms with van der Waals surface area (Å²) in [6, 6.07) is 7.71. The largest absolute Gasteiger partial charge is 0.549 e. The maximum absolute atomic E-state index is 10.5. The van der Waals surface area contributed by atoms with Crippen molar-refractivity contribution in [2.45, 2.75) is 18.6 Å². The van der Waals surface area contributed by atoms with Crippen LogP contribution in [0.4, 0.5) is 0 Å². The predicted octanol–water partition coefficient (Wildman–Crippen LogP) is 1.57. The summed E-state index contributed by atoms with van der Waals surface area (Å²) in [6.45, 7) is 2.63. The van der Waals surface area contributed by atoms with Crippen molar-refractivity contribution >= 4 is 33.7 Å². The summed E-state index contributed by atoms with van der Waals surface area (Å²) in [6.07, 6.45) is 0. The van der Waals surface area contributed by atoms with Crippen LogP contribution in [0.3, 0.4) is 0 Å². The molecule has 0 amide bonds. The van der Waals surface area contributed by atoms with Gasteiger partial charge in [-0.05, 0) is 13.0 Å². The van der Waals surface area contributed by atoms with Gasteiger partial charge in [-0.15, -0.1) is 10.2 Å². The number of aliphatic carboxylic acids is 1. The SMILES string of the molecule is CCn1c(SCC(=O)[O-])nnc1-c1ccccc1Br. The molecular formula is C12H11BrN3O2S-. The van der Waals surface area contributed by atoms with E-state index < -0.39 is 5.97 Å². The summed E-state index contributed by atoms with van der Waals surface area (Å²) < 4.78 is 2.81. The van der Waals surface area contributed by atoms with Crippen molar-refractivity contribution in [1.82, 2.24) is 14.8 Å². The van der Waals surface area contributed by atoms with Gasteiger partial charge in [-0.2, -0.15) is 0 Å². The molecule has 1 aromatic carbocycles. The lowest BCUT2D eigenvalue weighted by molar-refractivity contribution is -0.301. The molecule has 0 fully saturated rings. The van der Waals surface area contributed by atoms with Crippen molar-refractivity contribution in [3.63, 3.8) is 0 Å². The Kier molecular flexibility index (Phi) is 4.60. The van der Waals surface area contributed by atoms with Gasteiger partial charge in [0.25, 0.3) is 0 Å². The fourth-order valence-electron chi connectivity index (χ4n) is 1.65. The second-order valence-corrected chi connectivity index (χ2v) is 5.49. The molecule has 1 aromatic heterocycles. The predicted molar refractivity (Wildman–Crippen MR) is 74.6 cm³/mol. The Morgan fingerprint density at radius 2 is 2.16 bits per heavy atom. The van der Waals surface area contributed by atoms with Crippen molar-refractivity contribution in [2.24, 2.45) is 0 Å². The average Bonchev–Trinajstić information content (AvgIpc) is 2.79. The van der Waals surface area contributed by atoms with Gasteiger partial charge in [0.05, 0.1) is 5.97 Å². The average molecular weight is 341 g/mol. The quantitative estimate of drug-likeness (QED) is 0.772. The second kappa shape index (κ2) is 6.21. The van der Waals surface area contributed by atoms with Gasteiger partial charge >= 0.3 is 0 Å². The van der Waals surface area contributed by atoms with Crippen LogP contribution in [0.5, 0.6) is 0 Å². The standard InChI is InChI=1S/C12H12BrN3O2S/c1-2-16-11(8-5-3-4-6-9(8)13)14-15-12(16)19-7-10(17)18/h3-6H,2,7H2,1H3,(H,17,18)/p-1. The fourth-order valence-corrected chi connectivity index (χ4v) is 2.82. The molecule has 0 saturated heterocycles. The zero-order chi connectivity index (χ0) is 13.8. The molecule has 19 heavy (non-hydrogen) atoms. The number of carboxylic acids is 1. The number of rotatable bonds is 5. The van der Waals surface area contributed by atoms with E-state index in [1.54, 1.807) is 0 Å². The minimum absolute atomic E-state index is 0.131. The summed E-state index contributed by atoms with van der Waals surface area (Å²) in [5.74, 6) is -0.525. The highest BCUT2D eigenvalue weighted by atomic mass is 79.9. The number of carbonyl (C=O) groups excluding carboxylic acids is 1. The summed E-state index contributed by atoms with van der Waals surface area (Å²) in [4.78, 5) is 10.5. The van der Waals surface area contributed by atoms with E-state index in [9.17, 15) is 9.90 Å². The van der Waals surface area contributed by atoms with Crippen molar-refractivity contribution < 1.29 is 9.90 Å². The number of carbonyl (C=O) groups is 1. The van der Waals surface area contributed by atoms with E-state index in [1.165, 1.54) is 0 Å². The molecule has 0 spiro atoms. The number of hydrogen-bond donors (Lipinski definition) is 0. The summed E-state index contributed by atoms with van der Waals surface area (Å²) in [7, 11) is 0. The lowest BCUT2D eigenvalue weighted by Gasteiger charge is -2.08. The molecule has 7 heteroatoms. The van der Waals surface area contributed by atoms with E-state index in [1.807, 2.05) is 35.8 Å². The third kappa shape index (κ3) is 3.16. The highest BCUT2D eigenvalue weighted by Crippen LogP contribution is 2.29. The first-order chi connectivity index (χ1) is 9.13. The molecule has 100 valence electrons. The number of nitrogens with zero attached hydrogens (tertiary/aromatic N) is 3. The minimum atomic E-state index is -1.11. The smallest absolute Gasteiger partial charge is 0.191 e. The molecule has 0 aliphatic heterocycles. The van der Waals surface area contributed by atoms with Crippen LogP contribution in [0.1, 0.15) is 6.92 Å². The van der Waals surface area contributed by atoms with E-state index in [4.69, 9.17) is 0 Å². The number of benzene rings is 1. The van der Waals surface area contributed by atoms with E-state index in [2.05, 4.69) is 26.1 Å². The van der Waals surface area contributed by atoms with Crippen LogP contribution in [-0.4, -0.2) is 26.5 Å². The number of aromatic nitrogens is 3. The summed E-state index contributed by atoms with van der Waals surface area (Å²) in [5.41, 5.74) is 0.928. The van der Waals surface area contributed by atoms with Crippen LogP contribution in [0.15, 0.2) is 33.9 Å². The fraction of sp³-hybridized carbons (Fsp3) is 0.250. The van der Waals surface area contributed by atoms with Crippen LogP contribution >= 0.6 is 27.7 Å². The third-order valence-electron chi connectivity index (χ3n) is 2.47. The van der Waals surface area contributed by atoms with Gasteiger partial charge in [-0.3, -0.25) is 0 Å².